The van der Waals surface area contributed by atoms with Crippen LogP contribution in [0.5, 0.6) is 11.5 Å². The van der Waals surface area contributed by atoms with Gasteiger partial charge in [-0.1, -0.05) is 48.0 Å². The Bertz CT molecular complexity index is 1040. The molecule has 0 radical (unpaired) electrons. The van der Waals surface area contributed by atoms with Crippen molar-refractivity contribution in [3.8, 4) is 11.5 Å². The van der Waals surface area contributed by atoms with Crippen LogP contribution in [0.2, 0.25) is 0 Å². The van der Waals surface area contributed by atoms with Gasteiger partial charge in [-0.25, -0.2) is 9.18 Å². The van der Waals surface area contributed by atoms with Crippen molar-refractivity contribution in [1.29, 1.82) is 0 Å². The summed E-state index contributed by atoms with van der Waals surface area (Å²) in [5.41, 5.74) is 6.94. The molecule has 0 heterocycles. The van der Waals surface area contributed by atoms with Gasteiger partial charge >= 0.3 is 6.03 Å². The Balaban J connectivity index is 1.75. The minimum atomic E-state index is -0.908. The van der Waals surface area contributed by atoms with Crippen molar-refractivity contribution in [2.24, 2.45) is 5.73 Å². The second-order valence-electron chi connectivity index (χ2n) is 6.75. The molecule has 0 spiro atoms. The maximum atomic E-state index is 14.2. The Hall–Kier alpha value is -3.87. The predicted molar refractivity (Wildman–Crippen MR) is 113 cm³/mol. The standard InChI is InChI=1S/C23H22FN3O3/c1-15-10-12-16(13-11-15)30-21-9-5-4-8-19(21)26-22(28)14-20(27-23(25)29)17-6-2-3-7-18(17)24/h2-13,20H,14H2,1H3,(H,26,28)(H3,25,27,29). The van der Waals surface area contributed by atoms with E-state index < -0.39 is 23.8 Å². The number of para-hydroxylation sites is 2. The SMILES string of the molecule is Cc1ccc(Oc2ccccc2NC(=O)CC(NC(N)=O)c2ccccc2F)cc1. The van der Waals surface area contributed by atoms with Crippen molar-refractivity contribution >= 4 is 17.6 Å². The largest absolute Gasteiger partial charge is 0.455 e. The topological polar surface area (TPSA) is 93.4 Å². The normalized spacial score (nSPS) is 11.4. The first-order chi connectivity index (χ1) is 14.4. The van der Waals surface area contributed by atoms with Crippen LogP contribution in [0.15, 0.2) is 72.8 Å². The molecular formula is C23H22FN3O3. The van der Waals surface area contributed by atoms with Gasteiger partial charge in [0.15, 0.2) is 5.75 Å². The number of hydrogen-bond donors (Lipinski definition) is 3. The summed E-state index contributed by atoms with van der Waals surface area (Å²) in [5, 5.41) is 5.18. The molecule has 0 aliphatic rings. The number of carbonyl (C=O) groups excluding carboxylic acids is 2. The van der Waals surface area contributed by atoms with Crippen LogP contribution in [-0.4, -0.2) is 11.9 Å². The first-order valence-corrected chi connectivity index (χ1v) is 9.36. The number of anilines is 1. The molecule has 3 amide bonds. The van der Waals surface area contributed by atoms with Crippen LogP contribution in [0.1, 0.15) is 23.6 Å². The first-order valence-electron chi connectivity index (χ1n) is 9.36. The molecule has 3 aromatic carbocycles. The molecule has 6 nitrogen and oxygen atoms in total. The van der Waals surface area contributed by atoms with Gasteiger partial charge in [-0.2, -0.15) is 0 Å². The van der Waals surface area contributed by atoms with Crippen molar-refractivity contribution < 1.29 is 18.7 Å². The number of primary amides is 1. The van der Waals surface area contributed by atoms with Gasteiger partial charge in [-0.15, -0.1) is 0 Å². The zero-order valence-corrected chi connectivity index (χ0v) is 16.4. The predicted octanol–water partition coefficient (Wildman–Crippen LogP) is 4.66. The summed E-state index contributed by atoms with van der Waals surface area (Å²) in [6.45, 7) is 1.98. The van der Waals surface area contributed by atoms with Gasteiger partial charge in [0.25, 0.3) is 0 Å². The molecule has 0 bridgehead atoms. The van der Waals surface area contributed by atoms with Gasteiger partial charge in [0.05, 0.1) is 18.2 Å². The Kier molecular flexibility index (Phi) is 6.64. The molecule has 7 heteroatoms. The smallest absolute Gasteiger partial charge is 0.312 e. The second-order valence-corrected chi connectivity index (χ2v) is 6.75. The Morgan fingerprint density at radius 1 is 1.00 bits per heavy atom. The van der Waals surface area contributed by atoms with E-state index in [0.29, 0.717) is 17.2 Å². The molecular weight excluding hydrogens is 385 g/mol. The Morgan fingerprint density at radius 2 is 1.67 bits per heavy atom. The lowest BCUT2D eigenvalue weighted by Gasteiger charge is -2.19. The van der Waals surface area contributed by atoms with Gasteiger partial charge in [0.1, 0.15) is 11.6 Å². The molecule has 3 rings (SSSR count). The molecule has 3 aromatic rings. The summed E-state index contributed by atoms with van der Waals surface area (Å²) in [6.07, 6.45) is -0.206. The minimum absolute atomic E-state index is 0.177. The van der Waals surface area contributed by atoms with Gasteiger partial charge in [-0.3, -0.25) is 4.79 Å². The van der Waals surface area contributed by atoms with E-state index in [9.17, 15) is 14.0 Å². The minimum Gasteiger partial charge on any atom is -0.455 e. The third-order valence-corrected chi connectivity index (χ3v) is 4.40. The lowest BCUT2D eigenvalue weighted by atomic mass is 10.0. The van der Waals surface area contributed by atoms with Crippen molar-refractivity contribution in [2.75, 3.05) is 5.32 Å². The number of benzene rings is 3. The third kappa shape index (κ3) is 5.57. The lowest BCUT2D eigenvalue weighted by Crippen LogP contribution is -2.35. The van der Waals surface area contributed by atoms with E-state index in [1.54, 1.807) is 30.3 Å². The van der Waals surface area contributed by atoms with Crippen molar-refractivity contribution in [1.82, 2.24) is 5.32 Å². The number of nitrogens with two attached hydrogens (primary N) is 1. The van der Waals surface area contributed by atoms with E-state index in [2.05, 4.69) is 10.6 Å². The fourth-order valence-electron chi connectivity index (χ4n) is 2.95. The number of urea groups is 1. The van der Waals surface area contributed by atoms with Crippen LogP contribution in [0.3, 0.4) is 0 Å². The molecule has 0 fully saturated rings. The quantitative estimate of drug-likeness (QED) is 0.531. The number of ether oxygens (including phenoxy) is 1. The monoisotopic (exact) mass is 407 g/mol. The van der Waals surface area contributed by atoms with Crippen molar-refractivity contribution in [2.45, 2.75) is 19.4 Å². The average Bonchev–Trinajstić information content (AvgIpc) is 2.71. The second kappa shape index (κ2) is 9.56. The van der Waals surface area contributed by atoms with Gasteiger partial charge < -0.3 is 21.1 Å². The summed E-state index contributed by atoms with van der Waals surface area (Å²) in [7, 11) is 0. The molecule has 154 valence electrons. The first kappa shape index (κ1) is 20.9. The molecule has 4 N–H and O–H groups in total. The molecule has 30 heavy (non-hydrogen) atoms. The van der Waals surface area contributed by atoms with Crippen molar-refractivity contribution in [3.05, 3.63) is 89.7 Å². The highest BCUT2D eigenvalue weighted by Gasteiger charge is 2.21. The van der Waals surface area contributed by atoms with Crippen LogP contribution in [-0.2, 0) is 4.79 Å². The number of nitrogens with one attached hydrogen (secondary N) is 2. The lowest BCUT2D eigenvalue weighted by molar-refractivity contribution is -0.116. The molecule has 1 unspecified atom stereocenters. The Morgan fingerprint density at radius 3 is 2.37 bits per heavy atom. The zero-order chi connectivity index (χ0) is 21.5. The van der Waals surface area contributed by atoms with Crippen LogP contribution in [0, 0.1) is 12.7 Å². The number of rotatable bonds is 7. The molecule has 0 saturated carbocycles. The zero-order valence-electron chi connectivity index (χ0n) is 16.4. The molecule has 0 aliphatic carbocycles. The molecule has 0 aliphatic heterocycles. The average molecular weight is 407 g/mol. The fourth-order valence-corrected chi connectivity index (χ4v) is 2.95. The number of amides is 3. The highest BCUT2D eigenvalue weighted by Crippen LogP contribution is 2.30. The third-order valence-electron chi connectivity index (χ3n) is 4.40. The summed E-state index contributed by atoms with van der Waals surface area (Å²) in [5.74, 6) is 0.117. The van der Waals surface area contributed by atoms with Gasteiger partial charge in [0, 0.05) is 5.56 Å². The van der Waals surface area contributed by atoms with E-state index in [1.807, 2.05) is 31.2 Å². The number of hydrogen-bond acceptors (Lipinski definition) is 3. The van der Waals surface area contributed by atoms with Crippen molar-refractivity contribution in [3.63, 3.8) is 0 Å². The van der Waals surface area contributed by atoms with Crippen LogP contribution in [0.4, 0.5) is 14.9 Å². The van der Waals surface area contributed by atoms with Crippen LogP contribution < -0.4 is 21.1 Å². The maximum absolute atomic E-state index is 14.2. The molecule has 0 aromatic heterocycles. The van der Waals surface area contributed by atoms with E-state index in [4.69, 9.17) is 10.5 Å². The highest BCUT2D eigenvalue weighted by atomic mass is 19.1. The van der Waals surface area contributed by atoms with E-state index in [1.165, 1.54) is 18.2 Å². The van der Waals surface area contributed by atoms with E-state index in [0.717, 1.165) is 5.56 Å². The summed E-state index contributed by atoms with van der Waals surface area (Å²) < 4.78 is 20.0. The van der Waals surface area contributed by atoms with E-state index in [-0.39, 0.29) is 12.0 Å². The van der Waals surface area contributed by atoms with Crippen LogP contribution >= 0.6 is 0 Å². The summed E-state index contributed by atoms with van der Waals surface area (Å²) in [4.78, 5) is 24.0. The van der Waals surface area contributed by atoms with Crippen LogP contribution in [0.25, 0.3) is 0 Å². The van der Waals surface area contributed by atoms with E-state index >= 15 is 0 Å². The van der Waals surface area contributed by atoms with Gasteiger partial charge in [-0.05, 0) is 37.3 Å². The fraction of sp³-hybridized carbons (Fsp3) is 0.130. The molecule has 0 saturated heterocycles. The van der Waals surface area contributed by atoms with Gasteiger partial charge in [0.2, 0.25) is 5.91 Å². The highest BCUT2D eigenvalue weighted by molar-refractivity contribution is 5.93. The summed E-state index contributed by atoms with van der Waals surface area (Å²) in [6, 6.07) is 18.6. The maximum Gasteiger partial charge on any atom is 0.312 e. The molecule has 1 atom stereocenters. The summed E-state index contributed by atoms with van der Waals surface area (Å²) >= 11 is 0. The Labute approximate surface area is 173 Å². The number of aryl methyl sites for hydroxylation is 1. The number of halogens is 1. The number of carbonyl (C=O) groups is 2.